The summed E-state index contributed by atoms with van der Waals surface area (Å²) in [5.41, 5.74) is 1.75. The highest BCUT2D eigenvalue weighted by Crippen LogP contribution is 2.39. The van der Waals surface area contributed by atoms with Gasteiger partial charge >= 0.3 is 0 Å². The standard InChI is InChI=1S/C10H14N2/c1-10(2)7-12-9(10)8-3-5-11-6-4-8/h3-6,9,12H,7H2,1-2H3/t9-/m0/s1. The van der Waals surface area contributed by atoms with E-state index in [0.29, 0.717) is 11.5 Å². The molecule has 1 fully saturated rings. The van der Waals surface area contributed by atoms with Crippen molar-refractivity contribution in [3.05, 3.63) is 30.1 Å². The smallest absolute Gasteiger partial charge is 0.0385 e. The zero-order valence-electron chi connectivity index (χ0n) is 7.54. The molecule has 2 nitrogen and oxygen atoms in total. The molecule has 1 saturated heterocycles. The van der Waals surface area contributed by atoms with Gasteiger partial charge < -0.3 is 5.32 Å². The van der Waals surface area contributed by atoms with Gasteiger partial charge in [-0.05, 0) is 23.1 Å². The first-order valence-corrected chi connectivity index (χ1v) is 4.33. The van der Waals surface area contributed by atoms with Crippen LogP contribution in [0.3, 0.4) is 0 Å². The number of nitrogens with zero attached hydrogens (tertiary/aromatic N) is 1. The van der Waals surface area contributed by atoms with Crippen LogP contribution in [0.1, 0.15) is 25.5 Å². The van der Waals surface area contributed by atoms with Crippen LogP contribution in [0.4, 0.5) is 0 Å². The van der Waals surface area contributed by atoms with Crippen LogP contribution in [0.15, 0.2) is 24.5 Å². The Labute approximate surface area is 73.0 Å². The van der Waals surface area contributed by atoms with Crippen molar-refractivity contribution in [2.24, 2.45) is 5.41 Å². The van der Waals surface area contributed by atoms with E-state index in [-0.39, 0.29) is 0 Å². The lowest BCUT2D eigenvalue weighted by atomic mass is 9.74. The van der Waals surface area contributed by atoms with Crippen LogP contribution < -0.4 is 5.32 Å². The summed E-state index contributed by atoms with van der Waals surface area (Å²) in [6.45, 7) is 5.68. The predicted molar refractivity (Wildman–Crippen MR) is 48.8 cm³/mol. The van der Waals surface area contributed by atoms with Gasteiger partial charge in [-0.1, -0.05) is 13.8 Å². The molecule has 2 rings (SSSR count). The van der Waals surface area contributed by atoms with Crippen LogP contribution >= 0.6 is 0 Å². The molecule has 0 aromatic carbocycles. The molecule has 1 N–H and O–H groups in total. The minimum atomic E-state index is 0.404. The Kier molecular flexibility index (Phi) is 1.65. The van der Waals surface area contributed by atoms with E-state index in [9.17, 15) is 0 Å². The molecule has 1 aromatic heterocycles. The normalized spacial score (nSPS) is 26.3. The predicted octanol–water partition coefficient (Wildman–Crippen LogP) is 1.75. The summed E-state index contributed by atoms with van der Waals surface area (Å²) in [6, 6.07) is 4.68. The maximum absolute atomic E-state index is 4.01. The molecule has 12 heavy (non-hydrogen) atoms. The summed E-state index contributed by atoms with van der Waals surface area (Å²) in [5.74, 6) is 0. The van der Waals surface area contributed by atoms with Crippen LogP contribution in [0.5, 0.6) is 0 Å². The fraction of sp³-hybridized carbons (Fsp3) is 0.500. The van der Waals surface area contributed by atoms with E-state index in [1.807, 2.05) is 12.4 Å². The second-order valence-electron chi connectivity index (χ2n) is 4.08. The molecule has 1 aromatic rings. The summed E-state index contributed by atoms with van der Waals surface area (Å²) in [4.78, 5) is 4.01. The van der Waals surface area contributed by atoms with Gasteiger partial charge in [-0.3, -0.25) is 4.98 Å². The number of pyridine rings is 1. The molecular formula is C10H14N2. The fourth-order valence-corrected chi connectivity index (χ4v) is 1.74. The molecule has 2 heterocycles. The lowest BCUT2D eigenvalue weighted by molar-refractivity contribution is 0.128. The van der Waals surface area contributed by atoms with E-state index in [4.69, 9.17) is 0 Å². The van der Waals surface area contributed by atoms with Crippen molar-refractivity contribution in [3.8, 4) is 0 Å². The van der Waals surface area contributed by atoms with Crippen molar-refractivity contribution in [2.45, 2.75) is 19.9 Å². The molecule has 0 aliphatic carbocycles. The van der Waals surface area contributed by atoms with Crippen LogP contribution in [-0.2, 0) is 0 Å². The van der Waals surface area contributed by atoms with Gasteiger partial charge in [0.1, 0.15) is 0 Å². The third-order valence-electron chi connectivity index (χ3n) is 2.58. The Balaban J connectivity index is 2.22. The first-order chi connectivity index (χ1) is 5.70. The molecule has 0 radical (unpaired) electrons. The first-order valence-electron chi connectivity index (χ1n) is 4.33. The molecule has 0 saturated carbocycles. The molecule has 1 aliphatic rings. The molecule has 0 spiro atoms. The van der Waals surface area contributed by atoms with Crippen molar-refractivity contribution in [1.29, 1.82) is 0 Å². The quantitative estimate of drug-likeness (QED) is 0.680. The molecule has 0 amide bonds. The molecule has 0 bridgehead atoms. The summed E-state index contributed by atoms with van der Waals surface area (Å²) in [5, 5.41) is 3.42. The molecule has 1 atom stereocenters. The van der Waals surface area contributed by atoms with Crippen molar-refractivity contribution in [3.63, 3.8) is 0 Å². The van der Waals surface area contributed by atoms with Gasteiger partial charge in [-0.15, -0.1) is 0 Å². The van der Waals surface area contributed by atoms with Gasteiger partial charge in [-0.2, -0.15) is 0 Å². The van der Waals surface area contributed by atoms with Gasteiger partial charge in [0.25, 0.3) is 0 Å². The van der Waals surface area contributed by atoms with Crippen molar-refractivity contribution < 1.29 is 0 Å². The van der Waals surface area contributed by atoms with Crippen LogP contribution in [0.25, 0.3) is 0 Å². The maximum Gasteiger partial charge on any atom is 0.0385 e. The molecular weight excluding hydrogens is 148 g/mol. The Hall–Kier alpha value is -0.890. The highest BCUT2D eigenvalue weighted by molar-refractivity contribution is 5.21. The second kappa shape index (κ2) is 2.56. The average Bonchev–Trinajstić information content (AvgIpc) is 2.05. The number of hydrogen-bond donors (Lipinski definition) is 1. The maximum atomic E-state index is 4.01. The van der Waals surface area contributed by atoms with E-state index in [0.717, 1.165) is 6.54 Å². The minimum absolute atomic E-state index is 0.404. The monoisotopic (exact) mass is 162 g/mol. The second-order valence-corrected chi connectivity index (χ2v) is 4.08. The van der Waals surface area contributed by atoms with Crippen LogP contribution in [0.2, 0.25) is 0 Å². The topological polar surface area (TPSA) is 24.9 Å². The van der Waals surface area contributed by atoms with Crippen molar-refractivity contribution >= 4 is 0 Å². The minimum Gasteiger partial charge on any atom is -0.309 e. The summed E-state index contributed by atoms with van der Waals surface area (Å²) in [6.07, 6.45) is 3.71. The van der Waals surface area contributed by atoms with E-state index in [1.54, 1.807) is 0 Å². The van der Waals surface area contributed by atoms with E-state index in [2.05, 4.69) is 36.3 Å². The molecule has 64 valence electrons. The van der Waals surface area contributed by atoms with E-state index < -0.39 is 0 Å². The van der Waals surface area contributed by atoms with Crippen molar-refractivity contribution in [2.75, 3.05) is 6.54 Å². The Morgan fingerprint density at radius 1 is 1.42 bits per heavy atom. The summed E-state index contributed by atoms with van der Waals surface area (Å²) < 4.78 is 0. The van der Waals surface area contributed by atoms with Gasteiger partial charge in [-0.25, -0.2) is 0 Å². The Morgan fingerprint density at radius 3 is 2.50 bits per heavy atom. The number of rotatable bonds is 1. The largest absolute Gasteiger partial charge is 0.309 e. The number of aromatic nitrogens is 1. The molecule has 1 aliphatic heterocycles. The average molecular weight is 162 g/mol. The van der Waals surface area contributed by atoms with Gasteiger partial charge in [0.05, 0.1) is 0 Å². The summed E-state index contributed by atoms with van der Waals surface area (Å²) >= 11 is 0. The molecule has 2 heteroatoms. The van der Waals surface area contributed by atoms with Gasteiger partial charge in [0.15, 0.2) is 0 Å². The lowest BCUT2D eigenvalue weighted by Crippen LogP contribution is -2.52. The lowest BCUT2D eigenvalue weighted by Gasteiger charge is -2.46. The van der Waals surface area contributed by atoms with E-state index in [1.165, 1.54) is 5.56 Å². The number of hydrogen-bond acceptors (Lipinski definition) is 2. The third kappa shape index (κ3) is 1.12. The molecule has 0 unspecified atom stereocenters. The fourth-order valence-electron chi connectivity index (χ4n) is 1.74. The Bertz CT molecular complexity index is 266. The van der Waals surface area contributed by atoms with Gasteiger partial charge in [0.2, 0.25) is 0 Å². The number of nitrogens with one attached hydrogen (secondary N) is 1. The summed E-state index contributed by atoms with van der Waals surface area (Å²) in [7, 11) is 0. The zero-order valence-corrected chi connectivity index (χ0v) is 7.54. The zero-order chi connectivity index (χ0) is 8.60. The Morgan fingerprint density at radius 2 is 2.08 bits per heavy atom. The highest BCUT2D eigenvalue weighted by Gasteiger charge is 2.38. The van der Waals surface area contributed by atoms with E-state index >= 15 is 0 Å². The highest BCUT2D eigenvalue weighted by atomic mass is 15.0. The van der Waals surface area contributed by atoms with Crippen molar-refractivity contribution in [1.82, 2.24) is 10.3 Å². The SMILES string of the molecule is CC1(C)CN[C@H]1c1ccncc1. The first kappa shape index (κ1) is 7.74. The van der Waals surface area contributed by atoms with Crippen LogP contribution in [-0.4, -0.2) is 11.5 Å². The third-order valence-corrected chi connectivity index (χ3v) is 2.58. The van der Waals surface area contributed by atoms with Crippen LogP contribution in [0, 0.1) is 5.41 Å². The van der Waals surface area contributed by atoms with Gasteiger partial charge in [0, 0.05) is 25.0 Å².